The van der Waals surface area contributed by atoms with Gasteiger partial charge in [0.25, 0.3) is 5.91 Å². The van der Waals surface area contributed by atoms with Gasteiger partial charge in [0.1, 0.15) is 5.82 Å². The molecule has 29 heavy (non-hydrogen) atoms. The van der Waals surface area contributed by atoms with E-state index < -0.39 is 5.91 Å². The summed E-state index contributed by atoms with van der Waals surface area (Å²) in [6.45, 7) is 0. The highest BCUT2D eigenvalue weighted by molar-refractivity contribution is 7.22. The summed E-state index contributed by atoms with van der Waals surface area (Å²) in [5, 5.41) is 14.8. The van der Waals surface area contributed by atoms with Crippen LogP contribution in [-0.4, -0.2) is 17.1 Å². The molecule has 0 unspecified atom stereocenters. The Labute approximate surface area is 170 Å². The fourth-order valence-electron chi connectivity index (χ4n) is 2.64. The van der Waals surface area contributed by atoms with Crippen molar-refractivity contribution in [3.05, 3.63) is 95.3 Å². The van der Waals surface area contributed by atoms with Crippen molar-refractivity contribution in [1.82, 2.24) is 4.98 Å². The first kappa shape index (κ1) is 18.5. The fraction of sp³-hybridized carbons (Fsp3) is 0. The fourth-order valence-corrected chi connectivity index (χ4v) is 3.59. The molecule has 0 bridgehead atoms. The van der Waals surface area contributed by atoms with E-state index in [4.69, 9.17) is 5.26 Å². The molecule has 1 amide bonds. The summed E-state index contributed by atoms with van der Waals surface area (Å²) < 4.78 is 14.2. The zero-order valence-corrected chi connectivity index (χ0v) is 15.8. The predicted molar refractivity (Wildman–Crippen MR) is 112 cm³/mol. The second kappa shape index (κ2) is 8.00. The second-order valence-corrected chi connectivity index (χ2v) is 7.08. The van der Waals surface area contributed by atoms with Gasteiger partial charge in [0.05, 0.1) is 28.1 Å². The van der Waals surface area contributed by atoms with Gasteiger partial charge in [0.2, 0.25) is 5.13 Å². The molecule has 0 saturated heterocycles. The Hall–Kier alpha value is -3.89. The Balaban J connectivity index is 1.75. The molecule has 0 fully saturated rings. The number of carbonyl (C=O) groups excluding carboxylic acids is 1. The lowest BCUT2D eigenvalue weighted by Gasteiger charge is -2.13. The molecule has 0 saturated carbocycles. The molecule has 0 N–H and O–H groups in total. The molecule has 1 aromatic heterocycles. The summed E-state index contributed by atoms with van der Waals surface area (Å²) >= 11 is 1.17. The van der Waals surface area contributed by atoms with Crippen LogP contribution in [0.25, 0.3) is 10.2 Å². The number of fused-ring (bicyclic) bond motifs is 1. The van der Waals surface area contributed by atoms with Crippen LogP contribution in [0.15, 0.2) is 77.9 Å². The minimum Gasteiger partial charge on any atom is -0.267 e. The van der Waals surface area contributed by atoms with Crippen molar-refractivity contribution in [2.75, 3.05) is 5.01 Å². The van der Waals surface area contributed by atoms with Crippen molar-refractivity contribution in [2.24, 2.45) is 5.10 Å². The van der Waals surface area contributed by atoms with Crippen LogP contribution >= 0.6 is 11.3 Å². The number of nitrogens with zero attached hydrogens (tertiary/aromatic N) is 4. The number of hydrazone groups is 1. The molecule has 0 spiro atoms. The van der Waals surface area contributed by atoms with Gasteiger partial charge in [0, 0.05) is 5.56 Å². The highest BCUT2D eigenvalue weighted by atomic mass is 32.1. The van der Waals surface area contributed by atoms with E-state index in [0.717, 1.165) is 5.56 Å². The first-order valence-corrected chi connectivity index (χ1v) is 9.45. The Morgan fingerprint density at radius 3 is 2.59 bits per heavy atom. The maximum atomic E-state index is 13.6. The van der Waals surface area contributed by atoms with Crippen LogP contribution in [0.5, 0.6) is 0 Å². The van der Waals surface area contributed by atoms with E-state index in [2.05, 4.69) is 10.1 Å². The number of anilines is 1. The largest absolute Gasteiger partial charge is 0.280 e. The lowest BCUT2D eigenvalue weighted by molar-refractivity contribution is 0.0988. The first-order valence-electron chi connectivity index (χ1n) is 8.64. The number of rotatable bonds is 4. The van der Waals surface area contributed by atoms with E-state index in [1.807, 2.05) is 36.4 Å². The smallest absolute Gasteiger partial charge is 0.267 e. The molecule has 0 radical (unpaired) electrons. The minimum absolute atomic E-state index is 0.326. The molecule has 1 heterocycles. The van der Waals surface area contributed by atoms with Crippen LogP contribution in [0.2, 0.25) is 0 Å². The number of nitriles is 1. The number of benzene rings is 3. The molecule has 140 valence electrons. The van der Waals surface area contributed by atoms with Gasteiger partial charge < -0.3 is 0 Å². The van der Waals surface area contributed by atoms with Crippen molar-refractivity contribution in [3.63, 3.8) is 0 Å². The molecular weight excluding hydrogens is 387 g/mol. The van der Waals surface area contributed by atoms with Gasteiger partial charge >= 0.3 is 0 Å². The average molecular weight is 400 g/mol. The molecule has 7 heteroatoms. The van der Waals surface area contributed by atoms with E-state index in [1.165, 1.54) is 28.5 Å². The highest BCUT2D eigenvalue weighted by Gasteiger charge is 2.21. The number of thiazole rings is 1. The molecule has 4 rings (SSSR count). The van der Waals surface area contributed by atoms with Gasteiger partial charge in [0.15, 0.2) is 0 Å². The van der Waals surface area contributed by atoms with E-state index in [1.54, 1.807) is 36.5 Å². The Morgan fingerprint density at radius 2 is 1.86 bits per heavy atom. The summed E-state index contributed by atoms with van der Waals surface area (Å²) in [4.78, 5) is 17.6. The first-order chi connectivity index (χ1) is 14.1. The Morgan fingerprint density at radius 1 is 1.10 bits per heavy atom. The van der Waals surface area contributed by atoms with E-state index in [-0.39, 0.29) is 5.82 Å². The predicted octanol–water partition coefficient (Wildman–Crippen LogP) is 4.99. The SMILES string of the molecule is N#Cc1ccc(C(=O)N(/N=C/c2ccccc2)c2nc3ccc(F)cc3s2)cc1. The van der Waals surface area contributed by atoms with Crippen molar-refractivity contribution >= 4 is 38.8 Å². The molecule has 0 aliphatic heterocycles. The molecule has 0 aliphatic rings. The van der Waals surface area contributed by atoms with Crippen LogP contribution in [-0.2, 0) is 0 Å². The van der Waals surface area contributed by atoms with Gasteiger partial charge in [-0.15, -0.1) is 0 Å². The molecular formula is C22H13FN4OS. The number of hydrogen-bond acceptors (Lipinski definition) is 5. The van der Waals surface area contributed by atoms with E-state index >= 15 is 0 Å². The molecule has 0 aliphatic carbocycles. The topological polar surface area (TPSA) is 69.3 Å². The van der Waals surface area contributed by atoms with Crippen LogP contribution in [0.4, 0.5) is 9.52 Å². The summed E-state index contributed by atoms with van der Waals surface area (Å²) in [6, 6.07) is 21.9. The third-order valence-electron chi connectivity index (χ3n) is 4.10. The van der Waals surface area contributed by atoms with Gasteiger partial charge in [-0.05, 0) is 48.0 Å². The normalized spacial score (nSPS) is 10.9. The monoisotopic (exact) mass is 400 g/mol. The quantitative estimate of drug-likeness (QED) is 0.358. The highest BCUT2D eigenvalue weighted by Crippen LogP contribution is 2.30. The van der Waals surface area contributed by atoms with E-state index in [0.29, 0.717) is 26.5 Å². The lowest BCUT2D eigenvalue weighted by Crippen LogP contribution is -2.25. The van der Waals surface area contributed by atoms with Crippen molar-refractivity contribution in [1.29, 1.82) is 5.26 Å². The van der Waals surface area contributed by atoms with Crippen LogP contribution in [0.1, 0.15) is 21.5 Å². The minimum atomic E-state index is -0.402. The zero-order chi connectivity index (χ0) is 20.2. The third-order valence-corrected chi connectivity index (χ3v) is 5.09. The number of carbonyl (C=O) groups is 1. The molecule has 3 aromatic carbocycles. The third kappa shape index (κ3) is 4.03. The summed E-state index contributed by atoms with van der Waals surface area (Å²) in [7, 11) is 0. The Bertz CT molecular complexity index is 1240. The maximum absolute atomic E-state index is 13.6. The van der Waals surface area contributed by atoms with Crippen molar-refractivity contribution in [3.8, 4) is 6.07 Å². The van der Waals surface area contributed by atoms with Gasteiger partial charge in [-0.1, -0.05) is 41.7 Å². The number of halogens is 1. The summed E-state index contributed by atoms with van der Waals surface area (Å²) in [5.41, 5.74) is 2.22. The number of hydrogen-bond donors (Lipinski definition) is 0. The van der Waals surface area contributed by atoms with Crippen molar-refractivity contribution < 1.29 is 9.18 Å². The Kier molecular flexibility index (Phi) is 5.10. The zero-order valence-electron chi connectivity index (χ0n) is 15.0. The number of amides is 1. The second-order valence-electron chi connectivity index (χ2n) is 6.07. The van der Waals surface area contributed by atoms with Crippen LogP contribution in [0, 0.1) is 17.1 Å². The standard InChI is InChI=1S/C22H13FN4OS/c23-18-10-11-19-20(12-18)29-22(26-19)27(25-14-16-4-2-1-3-5-16)21(28)17-8-6-15(13-24)7-9-17/h1-12,14H/b25-14+. The van der Waals surface area contributed by atoms with Gasteiger partial charge in [-0.2, -0.15) is 15.4 Å². The maximum Gasteiger partial charge on any atom is 0.280 e. The van der Waals surface area contributed by atoms with Crippen LogP contribution in [0.3, 0.4) is 0 Å². The average Bonchev–Trinajstić information content (AvgIpc) is 3.17. The lowest BCUT2D eigenvalue weighted by atomic mass is 10.1. The molecule has 5 nitrogen and oxygen atoms in total. The summed E-state index contributed by atoms with van der Waals surface area (Å²) in [6.07, 6.45) is 1.56. The van der Waals surface area contributed by atoms with Crippen molar-refractivity contribution in [2.45, 2.75) is 0 Å². The van der Waals surface area contributed by atoms with Gasteiger partial charge in [-0.3, -0.25) is 4.79 Å². The molecule has 0 atom stereocenters. The van der Waals surface area contributed by atoms with Gasteiger partial charge in [-0.25, -0.2) is 9.37 Å². The summed E-state index contributed by atoms with van der Waals surface area (Å²) in [5.74, 6) is -0.772. The molecule has 4 aromatic rings. The van der Waals surface area contributed by atoms with Crippen LogP contribution < -0.4 is 5.01 Å². The number of aromatic nitrogens is 1. The van der Waals surface area contributed by atoms with E-state index in [9.17, 15) is 9.18 Å².